The molecule has 0 radical (unpaired) electrons. The molecule has 12 nitrogen and oxygen atoms in total. The topological polar surface area (TPSA) is 196 Å². The number of carbonyl (C=O) groups is 2. The molecule has 3 aliphatic carbocycles. The van der Waals surface area contributed by atoms with E-state index in [1.54, 1.807) is 12.1 Å². The van der Waals surface area contributed by atoms with Crippen LogP contribution < -0.4 is 20.7 Å². The molecule has 0 spiro atoms. The van der Waals surface area contributed by atoms with Gasteiger partial charge in [-0.15, -0.1) is 0 Å². The van der Waals surface area contributed by atoms with Gasteiger partial charge < -0.3 is 51.2 Å². The fourth-order valence-electron chi connectivity index (χ4n) is 13.7. The van der Waals surface area contributed by atoms with Crippen LogP contribution in [0.2, 0.25) is 0 Å². The number of aliphatic hydroxyl groups excluding tert-OH is 3. The SMILES string of the molecule is CCC[C@@H]1[C@H]2C[C@@H](CC3=CCNC(=C3)Nc3ccc4ccc(c(O)c4c3)C[C@H](O)CNC[C@@H](C)c3c[nH]c(c3)C[C@@H]1O)C[C@H]1C#C[C@@H](c3ccccc3[C@H]3C=CC[C@@H](C)C3)c3cc(O)c(OC)cc3CCC(=O)[C@H](O)C(=O)[C@H]1C2. The summed E-state index contributed by atoms with van der Waals surface area (Å²) >= 11 is 0. The van der Waals surface area contributed by atoms with Gasteiger partial charge in [-0.25, -0.2) is 0 Å². The number of hydrogen-bond acceptors (Lipinski definition) is 11. The molecule has 9 bridgehead atoms. The Kier molecular flexibility index (Phi) is 17.5. The Morgan fingerprint density at radius 3 is 2.46 bits per heavy atom. The molecule has 12 heteroatoms. The molecule has 0 saturated heterocycles. The summed E-state index contributed by atoms with van der Waals surface area (Å²) in [5, 5.41) is 70.9. The lowest BCUT2D eigenvalue weighted by Gasteiger charge is -2.33. The maximum absolute atomic E-state index is 15.2. The Balaban J connectivity index is 1.09. The Labute approximate surface area is 465 Å². The minimum absolute atomic E-state index is 0.0113. The highest BCUT2D eigenvalue weighted by atomic mass is 16.5. The first-order valence-corrected chi connectivity index (χ1v) is 29.0. The van der Waals surface area contributed by atoms with Gasteiger partial charge in [0.15, 0.2) is 29.2 Å². The van der Waals surface area contributed by atoms with E-state index >= 15 is 4.79 Å². The van der Waals surface area contributed by atoms with Crippen molar-refractivity contribution in [2.75, 3.05) is 32.1 Å². The highest BCUT2D eigenvalue weighted by molar-refractivity contribution is 6.06. The van der Waals surface area contributed by atoms with Gasteiger partial charge in [-0.05, 0) is 162 Å². The van der Waals surface area contributed by atoms with Gasteiger partial charge in [-0.3, -0.25) is 9.59 Å². The number of aliphatic hydroxyl groups is 3. The highest BCUT2D eigenvalue weighted by Crippen LogP contribution is 2.46. The quantitative estimate of drug-likeness (QED) is 0.0462. The number of allylic oxidation sites excluding steroid dienone is 4. The number of aryl methyl sites for hydroxylation is 1. The van der Waals surface area contributed by atoms with E-state index in [4.69, 9.17) is 4.74 Å². The number of methoxy groups -OCH3 is 1. The number of H-pyrrole nitrogens is 1. The molecular formula is C67H80N4O8. The number of anilines is 1. The fourth-order valence-corrected chi connectivity index (χ4v) is 13.7. The first-order valence-electron chi connectivity index (χ1n) is 29.0. The van der Waals surface area contributed by atoms with Crippen molar-refractivity contribution in [3.63, 3.8) is 0 Å². The summed E-state index contributed by atoms with van der Waals surface area (Å²) in [7, 11) is 1.50. The molecule has 5 aromatic rings. The van der Waals surface area contributed by atoms with E-state index in [0.29, 0.717) is 75.0 Å². The third-order valence-corrected chi connectivity index (χ3v) is 17.9. The van der Waals surface area contributed by atoms with Crippen molar-refractivity contribution in [2.45, 2.75) is 134 Å². The summed E-state index contributed by atoms with van der Waals surface area (Å²) in [6.45, 7) is 8.07. The number of ether oxygens (including phenoxy) is 1. The van der Waals surface area contributed by atoms with Crippen molar-refractivity contribution >= 4 is 28.0 Å². The molecule has 1 saturated carbocycles. The van der Waals surface area contributed by atoms with Gasteiger partial charge in [-0.1, -0.05) is 99.7 Å². The molecule has 3 heterocycles. The van der Waals surface area contributed by atoms with Crippen molar-refractivity contribution in [3.8, 4) is 29.1 Å². The zero-order chi connectivity index (χ0) is 55.3. The summed E-state index contributed by atoms with van der Waals surface area (Å²) in [5.74, 6) is 6.13. The maximum Gasteiger partial charge on any atom is 0.173 e. The molecule has 12 atom stereocenters. The number of Topliss-reactive ketones (excluding diaryl/α,β-unsaturated/α-hetero) is 2. The minimum atomic E-state index is -1.85. The Morgan fingerprint density at radius 1 is 0.823 bits per heavy atom. The van der Waals surface area contributed by atoms with Gasteiger partial charge >= 0.3 is 0 Å². The summed E-state index contributed by atoms with van der Waals surface area (Å²) in [6.07, 6.45) is 14.1. The number of carbonyl (C=O) groups excluding carboxylic acids is 2. The number of phenolic OH excluding ortho intramolecular Hbond substituents is 2. The van der Waals surface area contributed by atoms with E-state index in [2.05, 4.69) is 102 Å². The number of fused-ring (bicyclic) bond motifs is 9. The van der Waals surface area contributed by atoms with E-state index < -0.39 is 47.6 Å². The molecule has 4 aromatic carbocycles. The van der Waals surface area contributed by atoms with Crippen LogP contribution in [0, 0.1) is 47.3 Å². The van der Waals surface area contributed by atoms with Crippen LogP contribution in [-0.2, 0) is 28.9 Å². The Bertz CT molecular complexity index is 3180. The molecule has 9 N–H and O–H groups in total. The molecule has 416 valence electrons. The number of hydrogen-bond donors (Lipinski definition) is 9. The maximum atomic E-state index is 15.2. The van der Waals surface area contributed by atoms with E-state index in [9.17, 15) is 30.3 Å². The predicted octanol–water partition coefficient (Wildman–Crippen LogP) is 10.4. The van der Waals surface area contributed by atoms with Gasteiger partial charge in [0, 0.05) is 79.6 Å². The van der Waals surface area contributed by atoms with E-state index in [1.807, 2.05) is 42.6 Å². The van der Waals surface area contributed by atoms with Crippen LogP contribution >= 0.6 is 0 Å². The summed E-state index contributed by atoms with van der Waals surface area (Å²) in [6, 6.07) is 23.8. The molecular weight excluding hydrogens is 989 g/mol. The number of aromatic hydroxyl groups is 2. The molecule has 10 rings (SSSR count). The summed E-state index contributed by atoms with van der Waals surface area (Å²) in [5.41, 5.74) is 8.23. The molecule has 2 aliphatic heterocycles. The lowest BCUT2D eigenvalue weighted by molar-refractivity contribution is -0.142. The van der Waals surface area contributed by atoms with E-state index in [0.717, 1.165) is 75.2 Å². The normalized spacial score (nSPS) is 29.1. The van der Waals surface area contributed by atoms with Crippen LogP contribution in [-0.4, -0.2) is 87.1 Å². The van der Waals surface area contributed by atoms with Crippen molar-refractivity contribution in [1.82, 2.24) is 15.6 Å². The zero-order valence-corrected chi connectivity index (χ0v) is 46.3. The Hall–Kier alpha value is -6.62. The summed E-state index contributed by atoms with van der Waals surface area (Å²) in [4.78, 5) is 33.0. The number of phenols is 2. The van der Waals surface area contributed by atoms with Crippen LogP contribution in [0.25, 0.3) is 10.8 Å². The Morgan fingerprint density at radius 2 is 1.65 bits per heavy atom. The minimum Gasteiger partial charge on any atom is -0.507 e. The van der Waals surface area contributed by atoms with Gasteiger partial charge in [0.1, 0.15) is 11.6 Å². The first-order chi connectivity index (χ1) is 38.2. The van der Waals surface area contributed by atoms with Crippen LogP contribution in [0.3, 0.4) is 0 Å². The first kappa shape index (κ1) is 55.7. The lowest BCUT2D eigenvalue weighted by Crippen LogP contribution is -2.40. The molecule has 79 heavy (non-hydrogen) atoms. The van der Waals surface area contributed by atoms with Crippen LogP contribution in [0.15, 0.2) is 115 Å². The highest BCUT2D eigenvalue weighted by Gasteiger charge is 2.44. The van der Waals surface area contributed by atoms with Crippen LogP contribution in [0.1, 0.15) is 135 Å². The molecule has 1 aromatic heterocycles. The van der Waals surface area contributed by atoms with E-state index in [1.165, 1.54) is 7.11 Å². The largest absolute Gasteiger partial charge is 0.507 e. The number of aromatic nitrogens is 1. The van der Waals surface area contributed by atoms with Crippen LogP contribution in [0.4, 0.5) is 5.69 Å². The number of rotatable bonds is 5. The van der Waals surface area contributed by atoms with Crippen LogP contribution in [0.5, 0.6) is 17.2 Å². The monoisotopic (exact) mass is 1070 g/mol. The second-order valence-electron chi connectivity index (χ2n) is 23.7. The standard InChI is InChI=1S/C67H80N4O8/c1-5-9-54-48-27-42(25-41-22-23-69-64(28-41)71-50-19-16-43-14-15-47(65(76)59(43)33-50)30-52(72)38-68-36-40(3)49-29-51(70-37-49)34-61(54)74)26-45-17-20-56(55-13-7-6-12-53(55)44-11-8-10-39(2)24-44)57-35-62(75)63(79-4)32-46(57)18-21-60(73)67(78)66(77)58(45)31-48/h6-8,11-16,19,22,28-29,32-33,35,37,39-40,42,44-45,48,52,54,56,58,61,67-72,74-76,78H,5,9-10,18,21,23-27,30-31,34,36,38H2,1-4H3/t39-,40-,42+,44+,45-,48+,52+,54-,56+,58+,61+,67+/m1/s1. The number of benzene rings is 4. The van der Waals surface area contributed by atoms with Gasteiger partial charge in [0.25, 0.3) is 0 Å². The zero-order valence-electron chi connectivity index (χ0n) is 46.3. The number of nitrogens with one attached hydrogen (secondary N) is 4. The lowest BCUT2D eigenvalue weighted by atomic mass is 9.73. The molecule has 1 fully saturated rings. The number of β-amino-alcohol motifs (C(OH)–C–C–N with tert-alkyl or cyclic N) is 1. The molecule has 0 amide bonds. The average molecular weight is 1070 g/mol. The fraction of sp³-hybridized carbons (Fsp3) is 0.463. The number of dihydropyridines is 1. The third kappa shape index (κ3) is 12.7. The van der Waals surface area contributed by atoms with Crippen molar-refractivity contribution in [3.05, 3.63) is 154 Å². The smallest absolute Gasteiger partial charge is 0.173 e. The van der Waals surface area contributed by atoms with Crippen molar-refractivity contribution in [2.24, 2.45) is 35.5 Å². The molecule has 0 unspecified atom stereocenters. The van der Waals surface area contributed by atoms with Crippen molar-refractivity contribution < 1.29 is 39.9 Å². The van der Waals surface area contributed by atoms with Crippen molar-refractivity contribution in [1.29, 1.82) is 0 Å². The van der Waals surface area contributed by atoms with Gasteiger partial charge in [0.2, 0.25) is 0 Å². The van der Waals surface area contributed by atoms with Gasteiger partial charge in [-0.2, -0.15) is 0 Å². The van der Waals surface area contributed by atoms with E-state index in [-0.39, 0.29) is 66.1 Å². The molecule has 5 aliphatic rings. The number of aromatic amines is 1. The summed E-state index contributed by atoms with van der Waals surface area (Å²) < 4.78 is 5.63. The second kappa shape index (κ2) is 24.8. The van der Waals surface area contributed by atoms with Gasteiger partial charge in [0.05, 0.1) is 25.2 Å². The number of ketones is 2. The second-order valence-corrected chi connectivity index (χ2v) is 23.7. The third-order valence-electron chi connectivity index (χ3n) is 17.9. The average Bonchev–Trinajstić information content (AvgIpc) is 3.90. The predicted molar refractivity (Wildman–Crippen MR) is 311 cm³/mol.